The first-order valence-corrected chi connectivity index (χ1v) is 5.95. The van der Waals surface area contributed by atoms with Crippen LogP contribution in [0.5, 0.6) is 5.75 Å². The molecular weight excluding hydrogens is 210 g/mol. The highest BCUT2D eigenvalue weighted by atomic mass is 16.5. The van der Waals surface area contributed by atoms with Gasteiger partial charge in [0.2, 0.25) is 0 Å². The summed E-state index contributed by atoms with van der Waals surface area (Å²) in [5.41, 5.74) is 2.57. The maximum Gasteiger partial charge on any atom is 0.119 e. The molecule has 0 saturated carbocycles. The van der Waals surface area contributed by atoms with Gasteiger partial charge in [-0.1, -0.05) is 12.0 Å². The van der Waals surface area contributed by atoms with Gasteiger partial charge in [0, 0.05) is 6.54 Å². The maximum atomic E-state index is 5.69. The second-order valence-electron chi connectivity index (χ2n) is 4.39. The van der Waals surface area contributed by atoms with E-state index in [1.807, 2.05) is 13.1 Å². The number of rotatable bonds is 6. The summed E-state index contributed by atoms with van der Waals surface area (Å²) in [5, 5.41) is 0. The van der Waals surface area contributed by atoms with Crippen LogP contribution in [-0.2, 0) is 0 Å². The molecule has 0 aliphatic rings. The van der Waals surface area contributed by atoms with Crippen LogP contribution in [0.25, 0.3) is 0 Å². The largest absolute Gasteiger partial charge is 0.494 e. The predicted molar refractivity (Wildman–Crippen MR) is 72.4 cm³/mol. The molecule has 0 aliphatic carbocycles. The first-order valence-electron chi connectivity index (χ1n) is 5.95. The smallest absolute Gasteiger partial charge is 0.119 e. The van der Waals surface area contributed by atoms with E-state index in [-0.39, 0.29) is 0 Å². The highest BCUT2D eigenvalue weighted by Crippen LogP contribution is 2.16. The molecule has 0 fully saturated rings. The molecule has 0 bridgehead atoms. The molecule has 1 aromatic carbocycles. The standard InChI is InChI=1S/C15H21NO/c1-5-9-16(4)10-6-11-17-15-8-7-13(2)14(3)12-15/h1,7-8,12H,6,9-11H2,2-4H3. The van der Waals surface area contributed by atoms with Gasteiger partial charge in [-0.05, 0) is 50.6 Å². The van der Waals surface area contributed by atoms with Crippen LogP contribution >= 0.6 is 0 Å². The first-order chi connectivity index (χ1) is 8.13. The van der Waals surface area contributed by atoms with E-state index in [2.05, 4.69) is 36.8 Å². The van der Waals surface area contributed by atoms with Crippen LogP contribution in [0.15, 0.2) is 18.2 Å². The van der Waals surface area contributed by atoms with Crippen LogP contribution in [0.1, 0.15) is 17.5 Å². The molecule has 0 radical (unpaired) electrons. The Morgan fingerprint density at radius 3 is 2.71 bits per heavy atom. The van der Waals surface area contributed by atoms with Gasteiger partial charge in [0.05, 0.1) is 13.2 Å². The molecule has 0 saturated heterocycles. The molecule has 2 heteroatoms. The van der Waals surface area contributed by atoms with Crippen LogP contribution in [0, 0.1) is 26.2 Å². The van der Waals surface area contributed by atoms with E-state index in [9.17, 15) is 0 Å². The molecule has 92 valence electrons. The molecule has 0 unspecified atom stereocenters. The monoisotopic (exact) mass is 231 g/mol. The van der Waals surface area contributed by atoms with E-state index in [4.69, 9.17) is 11.2 Å². The Morgan fingerprint density at radius 2 is 2.06 bits per heavy atom. The van der Waals surface area contributed by atoms with Gasteiger partial charge in [0.1, 0.15) is 5.75 Å². The predicted octanol–water partition coefficient (Wildman–Crippen LogP) is 2.64. The zero-order valence-corrected chi connectivity index (χ0v) is 11.0. The zero-order chi connectivity index (χ0) is 12.7. The van der Waals surface area contributed by atoms with Crippen molar-refractivity contribution in [3.63, 3.8) is 0 Å². The van der Waals surface area contributed by atoms with Crippen molar-refractivity contribution in [2.75, 3.05) is 26.7 Å². The molecule has 1 aromatic rings. The summed E-state index contributed by atoms with van der Waals surface area (Å²) < 4.78 is 5.69. The Labute approximate surface area is 105 Å². The molecule has 0 aliphatic heterocycles. The quantitative estimate of drug-likeness (QED) is 0.551. The summed E-state index contributed by atoms with van der Waals surface area (Å²) in [6.45, 7) is 6.60. The van der Waals surface area contributed by atoms with Gasteiger partial charge < -0.3 is 4.74 Å². The molecule has 1 rings (SSSR count). The average molecular weight is 231 g/mol. The van der Waals surface area contributed by atoms with Gasteiger partial charge >= 0.3 is 0 Å². The van der Waals surface area contributed by atoms with Crippen molar-refractivity contribution in [2.24, 2.45) is 0 Å². The maximum absolute atomic E-state index is 5.69. The topological polar surface area (TPSA) is 12.5 Å². The highest BCUT2D eigenvalue weighted by molar-refractivity contribution is 5.33. The second-order valence-corrected chi connectivity index (χ2v) is 4.39. The Morgan fingerprint density at radius 1 is 1.29 bits per heavy atom. The number of nitrogens with zero attached hydrogens (tertiary/aromatic N) is 1. The van der Waals surface area contributed by atoms with Gasteiger partial charge in [0.15, 0.2) is 0 Å². The van der Waals surface area contributed by atoms with Crippen LogP contribution < -0.4 is 4.74 Å². The number of aryl methyl sites for hydroxylation is 2. The third kappa shape index (κ3) is 4.93. The third-order valence-corrected chi connectivity index (χ3v) is 2.79. The van der Waals surface area contributed by atoms with E-state index in [1.54, 1.807) is 0 Å². The van der Waals surface area contributed by atoms with Crippen LogP contribution in [0.3, 0.4) is 0 Å². The molecule has 0 heterocycles. The lowest BCUT2D eigenvalue weighted by molar-refractivity contribution is 0.274. The Hall–Kier alpha value is -1.46. The molecule has 0 atom stereocenters. The molecule has 17 heavy (non-hydrogen) atoms. The van der Waals surface area contributed by atoms with Gasteiger partial charge in [-0.3, -0.25) is 4.90 Å². The van der Waals surface area contributed by atoms with Gasteiger partial charge in [-0.15, -0.1) is 6.42 Å². The average Bonchev–Trinajstić information content (AvgIpc) is 2.29. The number of terminal acetylenes is 1. The minimum absolute atomic E-state index is 0.698. The fourth-order valence-corrected chi connectivity index (χ4v) is 1.56. The van der Waals surface area contributed by atoms with Crippen molar-refractivity contribution in [2.45, 2.75) is 20.3 Å². The highest BCUT2D eigenvalue weighted by Gasteiger charge is 1.98. The summed E-state index contributed by atoms with van der Waals surface area (Å²) in [6, 6.07) is 6.20. The summed E-state index contributed by atoms with van der Waals surface area (Å²) in [5.74, 6) is 3.58. The SMILES string of the molecule is C#CCN(C)CCCOc1ccc(C)c(C)c1. The van der Waals surface area contributed by atoms with Gasteiger partial charge in [0.25, 0.3) is 0 Å². The molecule has 2 nitrogen and oxygen atoms in total. The van der Waals surface area contributed by atoms with Gasteiger partial charge in [-0.2, -0.15) is 0 Å². The first kappa shape index (κ1) is 13.6. The van der Waals surface area contributed by atoms with E-state index >= 15 is 0 Å². The lowest BCUT2D eigenvalue weighted by Gasteiger charge is -2.13. The van der Waals surface area contributed by atoms with E-state index in [1.165, 1.54) is 11.1 Å². The van der Waals surface area contributed by atoms with E-state index < -0.39 is 0 Å². The van der Waals surface area contributed by atoms with Crippen molar-refractivity contribution in [3.8, 4) is 18.1 Å². The molecule has 0 N–H and O–H groups in total. The van der Waals surface area contributed by atoms with E-state index in [0.29, 0.717) is 6.54 Å². The Kier molecular flexibility index (Phi) is 5.59. The normalized spacial score (nSPS) is 10.3. The van der Waals surface area contributed by atoms with Crippen LogP contribution in [-0.4, -0.2) is 31.6 Å². The second kappa shape index (κ2) is 6.98. The summed E-state index contributed by atoms with van der Waals surface area (Å²) in [7, 11) is 2.02. The van der Waals surface area contributed by atoms with E-state index in [0.717, 1.165) is 25.3 Å². The lowest BCUT2D eigenvalue weighted by atomic mass is 10.1. The van der Waals surface area contributed by atoms with Crippen LogP contribution in [0.4, 0.5) is 0 Å². The molecular formula is C15H21NO. The number of ether oxygens (including phenoxy) is 1. The van der Waals surface area contributed by atoms with Crippen LogP contribution in [0.2, 0.25) is 0 Å². The fourth-order valence-electron chi connectivity index (χ4n) is 1.56. The summed E-state index contributed by atoms with van der Waals surface area (Å²) in [6.07, 6.45) is 6.22. The number of hydrogen-bond donors (Lipinski definition) is 0. The van der Waals surface area contributed by atoms with Crippen molar-refractivity contribution >= 4 is 0 Å². The Balaban J connectivity index is 2.27. The molecule has 0 spiro atoms. The fraction of sp³-hybridized carbons (Fsp3) is 0.467. The molecule has 0 aromatic heterocycles. The minimum Gasteiger partial charge on any atom is -0.494 e. The van der Waals surface area contributed by atoms with Crippen molar-refractivity contribution in [3.05, 3.63) is 29.3 Å². The van der Waals surface area contributed by atoms with Crippen molar-refractivity contribution in [1.82, 2.24) is 4.90 Å². The molecule has 0 amide bonds. The number of benzene rings is 1. The third-order valence-electron chi connectivity index (χ3n) is 2.79. The van der Waals surface area contributed by atoms with Gasteiger partial charge in [-0.25, -0.2) is 0 Å². The van der Waals surface area contributed by atoms with Crippen molar-refractivity contribution in [1.29, 1.82) is 0 Å². The minimum atomic E-state index is 0.698. The zero-order valence-electron chi connectivity index (χ0n) is 11.0. The summed E-state index contributed by atoms with van der Waals surface area (Å²) >= 11 is 0. The Bertz CT molecular complexity index is 392. The summed E-state index contributed by atoms with van der Waals surface area (Å²) in [4.78, 5) is 2.11. The lowest BCUT2D eigenvalue weighted by Crippen LogP contribution is -2.21. The van der Waals surface area contributed by atoms with Crippen molar-refractivity contribution < 1.29 is 4.74 Å². The number of hydrogen-bond acceptors (Lipinski definition) is 2.